The van der Waals surface area contributed by atoms with E-state index in [9.17, 15) is 4.79 Å². The van der Waals surface area contributed by atoms with Crippen LogP contribution in [0.1, 0.15) is 39.5 Å². The maximum Gasteiger partial charge on any atom is 0.233 e. The standard InChI is InChI=1S/C13H26N2O2/c1-3-4-7-14-13(16)10-15-11(2)12-5-8-17-9-6-12/h11-12,15H,3-10H2,1-2H3,(H,14,16). The minimum atomic E-state index is 0.109. The molecule has 1 aliphatic heterocycles. The molecule has 1 atom stereocenters. The summed E-state index contributed by atoms with van der Waals surface area (Å²) in [6.07, 6.45) is 4.38. The highest BCUT2D eigenvalue weighted by molar-refractivity contribution is 5.77. The van der Waals surface area contributed by atoms with E-state index in [0.717, 1.165) is 45.4 Å². The van der Waals surface area contributed by atoms with Gasteiger partial charge in [0.05, 0.1) is 6.54 Å². The highest BCUT2D eigenvalue weighted by Gasteiger charge is 2.20. The molecule has 0 aliphatic carbocycles. The highest BCUT2D eigenvalue weighted by atomic mass is 16.5. The van der Waals surface area contributed by atoms with Crippen molar-refractivity contribution >= 4 is 5.91 Å². The number of amides is 1. The molecule has 4 heteroatoms. The smallest absolute Gasteiger partial charge is 0.233 e. The average Bonchev–Trinajstić information content (AvgIpc) is 2.37. The van der Waals surface area contributed by atoms with Crippen LogP contribution in [-0.4, -0.2) is 38.3 Å². The van der Waals surface area contributed by atoms with Crippen molar-refractivity contribution in [2.75, 3.05) is 26.3 Å². The fourth-order valence-corrected chi connectivity index (χ4v) is 2.10. The maximum absolute atomic E-state index is 11.5. The maximum atomic E-state index is 11.5. The van der Waals surface area contributed by atoms with E-state index in [1.54, 1.807) is 0 Å². The van der Waals surface area contributed by atoms with Gasteiger partial charge in [-0.2, -0.15) is 0 Å². The Balaban J connectivity index is 2.09. The summed E-state index contributed by atoms with van der Waals surface area (Å²) in [5, 5.41) is 6.23. The zero-order chi connectivity index (χ0) is 12.5. The first-order valence-electron chi connectivity index (χ1n) is 6.82. The molecular weight excluding hydrogens is 216 g/mol. The molecule has 17 heavy (non-hydrogen) atoms. The van der Waals surface area contributed by atoms with E-state index in [2.05, 4.69) is 24.5 Å². The van der Waals surface area contributed by atoms with Crippen LogP contribution in [0.3, 0.4) is 0 Å². The number of hydrogen-bond acceptors (Lipinski definition) is 3. The Morgan fingerprint density at radius 2 is 2.12 bits per heavy atom. The van der Waals surface area contributed by atoms with E-state index in [1.807, 2.05) is 0 Å². The number of carbonyl (C=O) groups is 1. The monoisotopic (exact) mass is 242 g/mol. The van der Waals surface area contributed by atoms with Crippen LogP contribution in [0.2, 0.25) is 0 Å². The van der Waals surface area contributed by atoms with E-state index >= 15 is 0 Å². The summed E-state index contributed by atoms with van der Waals surface area (Å²) in [6, 6.07) is 0.399. The van der Waals surface area contributed by atoms with Crippen LogP contribution in [-0.2, 0) is 9.53 Å². The zero-order valence-corrected chi connectivity index (χ0v) is 11.1. The largest absolute Gasteiger partial charge is 0.381 e. The van der Waals surface area contributed by atoms with Crippen molar-refractivity contribution < 1.29 is 9.53 Å². The number of ether oxygens (including phenoxy) is 1. The lowest BCUT2D eigenvalue weighted by atomic mass is 9.93. The molecule has 1 amide bonds. The van der Waals surface area contributed by atoms with Crippen LogP contribution >= 0.6 is 0 Å². The van der Waals surface area contributed by atoms with Crippen molar-refractivity contribution in [2.24, 2.45) is 5.92 Å². The molecule has 0 radical (unpaired) electrons. The molecule has 1 unspecified atom stereocenters. The minimum absolute atomic E-state index is 0.109. The van der Waals surface area contributed by atoms with Crippen LogP contribution in [0.25, 0.3) is 0 Å². The molecule has 1 fully saturated rings. The van der Waals surface area contributed by atoms with Crippen molar-refractivity contribution in [3.63, 3.8) is 0 Å². The molecule has 4 nitrogen and oxygen atoms in total. The third-order valence-corrected chi connectivity index (χ3v) is 3.41. The molecule has 0 aromatic rings. The Labute approximate surface area is 104 Å². The second kappa shape index (κ2) is 8.48. The summed E-state index contributed by atoms with van der Waals surface area (Å²) in [5.41, 5.74) is 0. The van der Waals surface area contributed by atoms with Gasteiger partial charge in [-0.3, -0.25) is 4.79 Å². The zero-order valence-electron chi connectivity index (χ0n) is 11.1. The normalized spacial score (nSPS) is 18.9. The summed E-state index contributed by atoms with van der Waals surface area (Å²) in [7, 11) is 0. The molecular formula is C13H26N2O2. The van der Waals surface area contributed by atoms with Gasteiger partial charge in [0.15, 0.2) is 0 Å². The number of rotatable bonds is 7. The predicted molar refractivity (Wildman–Crippen MR) is 68.9 cm³/mol. The van der Waals surface area contributed by atoms with Gasteiger partial charge in [-0.15, -0.1) is 0 Å². The summed E-state index contributed by atoms with van der Waals surface area (Å²) in [4.78, 5) is 11.5. The SMILES string of the molecule is CCCCNC(=O)CNC(C)C1CCOCC1. The van der Waals surface area contributed by atoms with Gasteiger partial charge in [0.1, 0.15) is 0 Å². The Morgan fingerprint density at radius 1 is 1.41 bits per heavy atom. The average molecular weight is 242 g/mol. The molecule has 1 rings (SSSR count). The first-order chi connectivity index (χ1) is 8.24. The van der Waals surface area contributed by atoms with Gasteiger partial charge >= 0.3 is 0 Å². The van der Waals surface area contributed by atoms with Gasteiger partial charge < -0.3 is 15.4 Å². The Hall–Kier alpha value is -0.610. The summed E-state index contributed by atoms with van der Waals surface area (Å²) < 4.78 is 5.33. The van der Waals surface area contributed by atoms with E-state index in [4.69, 9.17) is 4.74 Å². The van der Waals surface area contributed by atoms with Crippen LogP contribution in [0.5, 0.6) is 0 Å². The summed E-state index contributed by atoms with van der Waals surface area (Å²) >= 11 is 0. The van der Waals surface area contributed by atoms with Crippen LogP contribution in [0.15, 0.2) is 0 Å². The van der Waals surface area contributed by atoms with Crippen molar-refractivity contribution in [2.45, 2.75) is 45.6 Å². The van der Waals surface area contributed by atoms with Crippen molar-refractivity contribution in [1.29, 1.82) is 0 Å². The lowest BCUT2D eigenvalue weighted by molar-refractivity contribution is -0.120. The van der Waals surface area contributed by atoms with Gasteiger partial charge in [-0.1, -0.05) is 13.3 Å². The summed E-state index contributed by atoms with van der Waals surface area (Å²) in [6.45, 7) is 7.23. The lowest BCUT2D eigenvalue weighted by Crippen LogP contribution is -2.42. The topological polar surface area (TPSA) is 50.4 Å². The lowest BCUT2D eigenvalue weighted by Gasteiger charge is -2.28. The molecule has 2 N–H and O–H groups in total. The van der Waals surface area contributed by atoms with Crippen molar-refractivity contribution in [3.8, 4) is 0 Å². The van der Waals surface area contributed by atoms with Gasteiger partial charge in [-0.05, 0) is 32.1 Å². The van der Waals surface area contributed by atoms with Crippen molar-refractivity contribution in [3.05, 3.63) is 0 Å². The second-order valence-electron chi connectivity index (χ2n) is 4.82. The first-order valence-corrected chi connectivity index (χ1v) is 6.82. The molecule has 100 valence electrons. The number of unbranched alkanes of at least 4 members (excludes halogenated alkanes) is 1. The van der Waals surface area contributed by atoms with Crippen LogP contribution in [0.4, 0.5) is 0 Å². The van der Waals surface area contributed by atoms with Gasteiger partial charge in [0, 0.05) is 25.8 Å². The molecule has 0 aromatic heterocycles. The van der Waals surface area contributed by atoms with E-state index < -0.39 is 0 Å². The highest BCUT2D eigenvalue weighted by Crippen LogP contribution is 2.18. The van der Waals surface area contributed by atoms with Gasteiger partial charge in [0.2, 0.25) is 5.91 Å². The number of nitrogens with one attached hydrogen (secondary N) is 2. The van der Waals surface area contributed by atoms with Crippen LogP contribution in [0, 0.1) is 5.92 Å². The molecule has 1 heterocycles. The Kier molecular flexibility index (Phi) is 7.21. The van der Waals surface area contributed by atoms with Gasteiger partial charge in [-0.25, -0.2) is 0 Å². The van der Waals surface area contributed by atoms with E-state index in [-0.39, 0.29) is 5.91 Å². The number of hydrogen-bond donors (Lipinski definition) is 2. The Bertz CT molecular complexity index is 215. The third kappa shape index (κ3) is 6.03. The number of carbonyl (C=O) groups excluding carboxylic acids is 1. The molecule has 1 aliphatic rings. The molecule has 0 saturated carbocycles. The first kappa shape index (κ1) is 14.5. The molecule has 1 saturated heterocycles. The fraction of sp³-hybridized carbons (Fsp3) is 0.923. The molecule has 0 spiro atoms. The summed E-state index contributed by atoms with van der Waals surface area (Å²) in [5.74, 6) is 0.754. The van der Waals surface area contributed by atoms with E-state index in [0.29, 0.717) is 18.5 Å². The van der Waals surface area contributed by atoms with Gasteiger partial charge in [0.25, 0.3) is 0 Å². The Morgan fingerprint density at radius 3 is 2.76 bits per heavy atom. The molecule has 0 bridgehead atoms. The van der Waals surface area contributed by atoms with E-state index in [1.165, 1.54) is 0 Å². The predicted octanol–water partition coefficient (Wildman–Crippen LogP) is 1.31. The second-order valence-corrected chi connectivity index (χ2v) is 4.82. The minimum Gasteiger partial charge on any atom is -0.381 e. The van der Waals surface area contributed by atoms with Crippen LogP contribution < -0.4 is 10.6 Å². The fourth-order valence-electron chi connectivity index (χ4n) is 2.10. The molecule has 0 aromatic carbocycles. The third-order valence-electron chi connectivity index (χ3n) is 3.41. The van der Waals surface area contributed by atoms with Crippen molar-refractivity contribution in [1.82, 2.24) is 10.6 Å². The quantitative estimate of drug-likeness (QED) is 0.662.